The monoisotopic (exact) mass is 418 g/mol. The maximum absolute atomic E-state index is 12.5. The standard InChI is InChI=1S/C22H30N2O4S/c1-17-7-6-14-24(22(17)25)20(15-23-29(2,26)27)16-28-21-12-10-19(11-13-21)18-8-4-3-5-9-18/h3-9,14,19-21,23H,10-13,15-16H2,1-2H3/t19-,20-,21+/m1/s1. The molecule has 1 saturated carbocycles. The Balaban J connectivity index is 1.61. The highest BCUT2D eigenvalue weighted by Gasteiger charge is 2.24. The summed E-state index contributed by atoms with van der Waals surface area (Å²) in [5.74, 6) is 0.568. The van der Waals surface area contributed by atoms with Crippen LogP contribution >= 0.6 is 0 Å². The smallest absolute Gasteiger partial charge is 0.253 e. The molecular formula is C22H30N2O4S. The molecule has 0 spiro atoms. The van der Waals surface area contributed by atoms with Crippen LogP contribution in [-0.2, 0) is 14.8 Å². The molecule has 1 heterocycles. The third kappa shape index (κ3) is 6.26. The van der Waals surface area contributed by atoms with E-state index < -0.39 is 10.0 Å². The van der Waals surface area contributed by atoms with Crippen LogP contribution < -0.4 is 10.3 Å². The minimum Gasteiger partial charge on any atom is -0.376 e. The SMILES string of the molecule is Cc1cccn([C@H](CNS(C)(=O)=O)CO[C@H]2CC[C@@H](c3ccccc3)CC2)c1=O. The van der Waals surface area contributed by atoms with E-state index in [2.05, 4.69) is 29.0 Å². The summed E-state index contributed by atoms with van der Waals surface area (Å²) in [7, 11) is -3.35. The Kier molecular flexibility index (Phi) is 7.27. The molecule has 158 valence electrons. The second-order valence-electron chi connectivity index (χ2n) is 7.90. The zero-order valence-corrected chi connectivity index (χ0v) is 17.9. The summed E-state index contributed by atoms with van der Waals surface area (Å²) >= 11 is 0. The zero-order valence-electron chi connectivity index (χ0n) is 17.1. The lowest BCUT2D eigenvalue weighted by atomic mass is 9.83. The van der Waals surface area contributed by atoms with Gasteiger partial charge in [-0.05, 0) is 50.2 Å². The molecule has 7 heteroatoms. The van der Waals surface area contributed by atoms with Gasteiger partial charge in [0.25, 0.3) is 5.56 Å². The van der Waals surface area contributed by atoms with Crippen molar-refractivity contribution in [1.29, 1.82) is 0 Å². The number of aryl methyl sites for hydroxylation is 1. The first-order valence-corrected chi connectivity index (χ1v) is 12.0. The Bertz CT molecular complexity index is 948. The number of nitrogens with zero attached hydrogens (tertiary/aromatic N) is 1. The van der Waals surface area contributed by atoms with Crippen LogP contribution in [0.3, 0.4) is 0 Å². The van der Waals surface area contributed by atoms with Crippen molar-refractivity contribution < 1.29 is 13.2 Å². The van der Waals surface area contributed by atoms with Crippen molar-refractivity contribution in [1.82, 2.24) is 9.29 Å². The molecule has 29 heavy (non-hydrogen) atoms. The molecule has 0 radical (unpaired) electrons. The van der Waals surface area contributed by atoms with Crippen LogP contribution in [0.5, 0.6) is 0 Å². The average molecular weight is 419 g/mol. The normalized spacial score (nSPS) is 21.0. The predicted octanol–water partition coefficient (Wildman–Crippen LogP) is 2.99. The summed E-state index contributed by atoms with van der Waals surface area (Å²) < 4.78 is 33.4. The molecule has 0 saturated heterocycles. The summed E-state index contributed by atoms with van der Waals surface area (Å²) in [5, 5.41) is 0. The van der Waals surface area contributed by atoms with Gasteiger partial charge in [0.2, 0.25) is 10.0 Å². The first-order valence-electron chi connectivity index (χ1n) is 10.1. The Labute approximate surface area is 173 Å². The number of aromatic nitrogens is 1. The van der Waals surface area contributed by atoms with Crippen LogP contribution in [0.2, 0.25) is 0 Å². The topological polar surface area (TPSA) is 77.4 Å². The molecule has 2 aromatic rings. The van der Waals surface area contributed by atoms with Crippen molar-refractivity contribution in [3.8, 4) is 0 Å². The van der Waals surface area contributed by atoms with Crippen LogP contribution in [0.4, 0.5) is 0 Å². The molecule has 1 aromatic heterocycles. The quantitative estimate of drug-likeness (QED) is 0.715. The number of sulfonamides is 1. The average Bonchev–Trinajstić information content (AvgIpc) is 2.71. The van der Waals surface area contributed by atoms with E-state index in [0.717, 1.165) is 31.9 Å². The van der Waals surface area contributed by atoms with E-state index in [4.69, 9.17) is 4.74 Å². The highest BCUT2D eigenvalue weighted by molar-refractivity contribution is 7.88. The minimum absolute atomic E-state index is 0.121. The summed E-state index contributed by atoms with van der Waals surface area (Å²) in [6, 6.07) is 13.7. The number of hydrogen-bond donors (Lipinski definition) is 1. The fourth-order valence-electron chi connectivity index (χ4n) is 3.93. The molecule has 1 aliphatic carbocycles. The van der Waals surface area contributed by atoms with Crippen molar-refractivity contribution in [3.05, 3.63) is 70.1 Å². The molecule has 0 bridgehead atoms. The lowest BCUT2D eigenvalue weighted by molar-refractivity contribution is 0.00734. The van der Waals surface area contributed by atoms with Gasteiger partial charge in [0.1, 0.15) is 0 Å². The molecule has 3 rings (SSSR count). The molecular weight excluding hydrogens is 388 g/mol. The molecule has 0 aliphatic heterocycles. The third-order valence-corrected chi connectivity index (χ3v) is 6.30. The number of ether oxygens (including phenoxy) is 1. The minimum atomic E-state index is -3.35. The Morgan fingerprint density at radius 3 is 2.45 bits per heavy atom. The van der Waals surface area contributed by atoms with Gasteiger partial charge in [-0.15, -0.1) is 0 Å². The van der Waals surface area contributed by atoms with Gasteiger partial charge in [0.05, 0.1) is 25.0 Å². The molecule has 1 aliphatic rings. The Morgan fingerprint density at radius 1 is 1.10 bits per heavy atom. The van der Waals surface area contributed by atoms with Gasteiger partial charge in [-0.2, -0.15) is 0 Å². The number of benzene rings is 1. The molecule has 1 aromatic carbocycles. The first kappa shape index (κ1) is 21.7. The first-order chi connectivity index (χ1) is 13.8. The fraction of sp³-hybridized carbons (Fsp3) is 0.500. The van der Waals surface area contributed by atoms with Gasteiger partial charge < -0.3 is 9.30 Å². The highest BCUT2D eigenvalue weighted by atomic mass is 32.2. The second kappa shape index (κ2) is 9.69. The van der Waals surface area contributed by atoms with Gasteiger partial charge in [0.15, 0.2) is 0 Å². The van der Waals surface area contributed by atoms with E-state index in [1.807, 2.05) is 6.07 Å². The number of rotatable bonds is 8. The molecule has 1 fully saturated rings. The highest BCUT2D eigenvalue weighted by Crippen LogP contribution is 2.34. The van der Waals surface area contributed by atoms with Crippen LogP contribution in [0.15, 0.2) is 53.5 Å². The number of pyridine rings is 1. The fourth-order valence-corrected chi connectivity index (χ4v) is 4.43. The summed E-state index contributed by atoms with van der Waals surface area (Å²) in [4.78, 5) is 12.5. The molecule has 6 nitrogen and oxygen atoms in total. The van der Waals surface area contributed by atoms with Crippen molar-refractivity contribution in [2.24, 2.45) is 0 Å². The predicted molar refractivity (Wildman–Crippen MR) is 115 cm³/mol. The van der Waals surface area contributed by atoms with Gasteiger partial charge in [-0.3, -0.25) is 4.79 Å². The summed E-state index contributed by atoms with van der Waals surface area (Å²) in [6.07, 6.45) is 7.03. The van der Waals surface area contributed by atoms with Crippen molar-refractivity contribution in [2.45, 2.75) is 50.7 Å². The van der Waals surface area contributed by atoms with Crippen molar-refractivity contribution in [3.63, 3.8) is 0 Å². The van der Waals surface area contributed by atoms with Gasteiger partial charge in [-0.1, -0.05) is 36.4 Å². The third-order valence-electron chi connectivity index (χ3n) is 5.61. The van der Waals surface area contributed by atoms with Crippen LogP contribution in [0.25, 0.3) is 0 Å². The Hall–Kier alpha value is -1.96. The summed E-state index contributed by atoms with van der Waals surface area (Å²) in [5.41, 5.74) is 1.89. The van der Waals surface area contributed by atoms with E-state index in [9.17, 15) is 13.2 Å². The van der Waals surface area contributed by atoms with Crippen molar-refractivity contribution in [2.75, 3.05) is 19.4 Å². The largest absolute Gasteiger partial charge is 0.376 e. The zero-order chi connectivity index (χ0) is 20.9. The maximum Gasteiger partial charge on any atom is 0.253 e. The molecule has 1 N–H and O–H groups in total. The molecule has 1 atom stereocenters. The van der Waals surface area contributed by atoms with Crippen LogP contribution in [-0.4, -0.2) is 38.5 Å². The maximum atomic E-state index is 12.5. The Morgan fingerprint density at radius 2 is 1.79 bits per heavy atom. The van der Waals surface area contributed by atoms with E-state index in [1.54, 1.807) is 29.8 Å². The second-order valence-corrected chi connectivity index (χ2v) is 9.73. The number of hydrogen-bond acceptors (Lipinski definition) is 4. The van der Waals surface area contributed by atoms with Crippen LogP contribution in [0.1, 0.15) is 48.8 Å². The van der Waals surface area contributed by atoms with Gasteiger partial charge >= 0.3 is 0 Å². The van der Waals surface area contributed by atoms with E-state index in [1.165, 1.54) is 5.56 Å². The number of nitrogens with one attached hydrogen (secondary N) is 1. The van der Waals surface area contributed by atoms with Crippen LogP contribution in [0, 0.1) is 6.92 Å². The van der Waals surface area contributed by atoms with E-state index in [-0.39, 0.29) is 24.2 Å². The lowest BCUT2D eigenvalue weighted by Crippen LogP contribution is -2.38. The summed E-state index contributed by atoms with van der Waals surface area (Å²) in [6.45, 7) is 2.18. The van der Waals surface area contributed by atoms with E-state index >= 15 is 0 Å². The van der Waals surface area contributed by atoms with Crippen molar-refractivity contribution >= 4 is 10.0 Å². The molecule has 0 amide bonds. The molecule has 0 unspecified atom stereocenters. The lowest BCUT2D eigenvalue weighted by Gasteiger charge is -2.30. The van der Waals surface area contributed by atoms with Gasteiger partial charge in [0, 0.05) is 18.3 Å². The van der Waals surface area contributed by atoms with Gasteiger partial charge in [-0.25, -0.2) is 13.1 Å². The van der Waals surface area contributed by atoms with E-state index in [0.29, 0.717) is 18.1 Å².